The Balaban J connectivity index is 1.77. The van der Waals surface area contributed by atoms with Gasteiger partial charge in [0.2, 0.25) is 5.91 Å². The third-order valence-electron chi connectivity index (χ3n) is 2.32. The van der Waals surface area contributed by atoms with Crippen LogP contribution in [0, 0.1) is 5.82 Å². The van der Waals surface area contributed by atoms with Crippen LogP contribution < -0.4 is 10.9 Å². The van der Waals surface area contributed by atoms with E-state index in [1.165, 1.54) is 30.5 Å². The first-order valence-electron chi connectivity index (χ1n) is 5.77. The molecule has 0 unspecified atom stereocenters. The molecule has 0 aliphatic carbocycles. The monoisotopic (exact) mass is 328 g/mol. The lowest BCUT2D eigenvalue weighted by Crippen LogP contribution is -2.42. The van der Waals surface area contributed by atoms with Crippen molar-refractivity contribution < 1.29 is 18.4 Å². The minimum atomic E-state index is -0.553. The van der Waals surface area contributed by atoms with Gasteiger partial charge in [-0.15, -0.1) is 11.8 Å². The second-order valence-electron chi connectivity index (χ2n) is 3.84. The van der Waals surface area contributed by atoms with Crippen molar-refractivity contribution in [2.45, 2.75) is 4.90 Å². The summed E-state index contributed by atoms with van der Waals surface area (Å²) in [7, 11) is 0. The molecular formula is C13H10ClFN2O3S. The largest absolute Gasteiger partial charge is 0.459 e. The minimum Gasteiger partial charge on any atom is -0.459 e. The summed E-state index contributed by atoms with van der Waals surface area (Å²) < 4.78 is 17.8. The van der Waals surface area contributed by atoms with E-state index >= 15 is 0 Å². The van der Waals surface area contributed by atoms with E-state index in [1.54, 1.807) is 6.07 Å². The third-order valence-corrected chi connectivity index (χ3v) is 3.60. The number of hydrazine groups is 1. The maximum atomic E-state index is 13.0. The lowest BCUT2D eigenvalue weighted by atomic mass is 10.3. The van der Waals surface area contributed by atoms with Gasteiger partial charge in [-0.25, -0.2) is 4.39 Å². The summed E-state index contributed by atoms with van der Waals surface area (Å²) in [6.45, 7) is 0. The molecule has 1 heterocycles. The Morgan fingerprint density at radius 3 is 2.76 bits per heavy atom. The summed E-state index contributed by atoms with van der Waals surface area (Å²) in [6, 6.07) is 7.19. The fourth-order valence-electron chi connectivity index (χ4n) is 1.35. The molecule has 0 saturated carbocycles. The number of carbonyl (C=O) groups excluding carboxylic acids is 2. The average molecular weight is 329 g/mol. The van der Waals surface area contributed by atoms with Gasteiger partial charge in [0, 0.05) is 4.90 Å². The van der Waals surface area contributed by atoms with Gasteiger partial charge in [-0.1, -0.05) is 11.6 Å². The molecule has 0 radical (unpaired) electrons. The Bertz CT molecular complexity index is 649. The van der Waals surface area contributed by atoms with Gasteiger partial charge >= 0.3 is 5.91 Å². The second kappa shape index (κ2) is 7.14. The highest BCUT2D eigenvalue weighted by molar-refractivity contribution is 8.00. The molecule has 0 fully saturated rings. The molecule has 5 nitrogen and oxygen atoms in total. The Morgan fingerprint density at radius 1 is 1.29 bits per heavy atom. The van der Waals surface area contributed by atoms with Gasteiger partial charge in [-0.05, 0) is 30.3 Å². The SMILES string of the molecule is O=C(CSc1ccc(F)c(Cl)c1)NNC(=O)c1ccco1. The summed E-state index contributed by atoms with van der Waals surface area (Å²) in [5.74, 6) is -1.35. The molecule has 2 amide bonds. The van der Waals surface area contributed by atoms with Gasteiger partial charge in [0.1, 0.15) is 5.82 Å². The number of amides is 2. The molecule has 0 saturated heterocycles. The summed E-state index contributed by atoms with van der Waals surface area (Å²) in [5.41, 5.74) is 4.45. The number of benzene rings is 1. The van der Waals surface area contributed by atoms with E-state index in [9.17, 15) is 14.0 Å². The van der Waals surface area contributed by atoms with E-state index in [0.29, 0.717) is 4.90 Å². The topological polar surface area (TPSA) is 71.3 Å². The molecule has 1 aromatic heterocycles. The Kier molecular flexibility index (Phi) is 5.24. The summed E-state index contributed by atoms with van der Waals surface area (Å²) in [4.78, 5) is 23.7. The first-order chi connectivity index (χ1) is 10.1. The molecular weight excluding hydrogens is 319 g/mol. The van der Waals surface area contributed by atoms with Crippen LogP contribution in [0.1, 0.15) is 10.6 Å². The smallest absolute Gasteiger partial charge is 0.305 e. The van der Waals surface area contributed by atoms with Crippen molar-refractivity contribution in [2.24, 2.45) is 0 Å². The lowest BCUT2D eigenvalue weighted by molar-refractivity contribution is -0.119. The summed E-state index contributed by atoms with van der Waals surface area (Å²) in [6.07, 6.45) is 1.35. The van der Waals surface area contributed by atoms with Crippen LogP contribution in [0.25, 0.3) is 0 Å². The van der Waals surface area contributed by atoms with Gasteiger partial charge in [0.15, 0.2) is 5.76 Å². The van der Waals surface area contributed by atoms with Crippen LogP contribution >= 0.6 is 23.4 Å². The van der Waals surface area contributed by atoms with Crippen LogP contribution in [0.15, 0.2) is 45.9 Å². The molecule has 110 valence electrons. The first kappa shape index (κ1) is 15.4. The number of thioether (sulfide) groups is 1. The van der Waals surface area contributed by atoms with Crippen molar-refractivity contribution in [3.8, 4) is 0 Å². The number of nitrogens with one attached hydrogen (secondary N) is 2. The molecule has 2 aromatic rings. The van der Waals surface area contributed by atoms with Gasteiger partial charge < -0.3 is 4.42 Å². The predicted octanol–water partition coefficient (Wildman–Crippen LogP) is 2.63. The lowest BCUT2D eigenvalue weighted by Gasteiger charge is -2.06. The maximum absolute atomic E-state index is 13.0. The Morgan fingerprint density at radius 2 is 2.10 bits per heavy atom. The molecule has 21 heavy (non-hydrogen) atoms. The number of hydrogen-bond acceptors (Lipinski definition) is 4. The van der Waals surface area contributed by atoms with Crippen molar-refractivity contribution >= 4 is 35.2 Å². The van der Waals surface area contributed by atoms with Crippen LogP contribution in [-0.2, 0) is 4.79 Å². The van der Waals surface area contributed by atoms with E-state index in [-0.39, 0.29) is 16.5 Å². The highest BCUT2D eigenvalue weighted by atomic mass is 35.5. The molecule has 0 aliphatic rings. The van der Waals surface area contributed by atoms with Crippen molar-refractivity contribution in [1.29, 1.82) is 0 Å². The standard InChI is InChI=1S/C13H10ClFN2O3S/c14-9-6-8(3-4-10(9)15)21-7-12(18)16-17-13(19)11-2-1-5-20-11/h1-6H,7H2,(H,16,18)(H,17,19). The maximum Gasteiger partial charge on any atom is 0.305 e. The Hall–Kier alpha value is -1.99. The highest BCUT2D eigenvalue weighted by Crippen LogP contribution is 2.23. The zero-order valence-corrected chi connectivity index (χ0v) is 12.1. The predicted molar refractivity (Wildman–Crippen MR) is 76.5 cm³/mol. The molecule has 2 rings (SSSR count). The second-order valence-corrected chi connectivity index (χ2v) is 5.30. The Labute approximate surface area is 128 Å². The van der Waals surface area contributed by atoms with Crippen LogP contribution in [0.5, 0.6) is 0 Å². The van der Waals surface area contributed by atoms with E-state index in [2.05, 4.69) is 10.9 Å². The number of carbonyl (C=O) groups is 2. The van der Waals surface area contributed by atoms with Gasteiger partial charge in [0.05, 0.1) is 17.0 Å². The van der Waals surface area contributed by atoms with Crippen LogP contribution in [0.2, 0.25) is 5.02 Å². The molecule has 0 bridgehead atoms. The average Bonchev–Trinajstić information content (AvgIpc) is 3.00. The number of hydrogen-bond donors (Lipinski definition) is 2. The number of furan rings is 1. The minimum absolute atomic E-state index is 0.00784. The van der Waals surface area contributed by atoms with Crippen molar-refractivity contribution in [2.75, 3.05) is 5.75 Å². The number of halogens is 2. The zero-order chi connectivity index (χ0) is 15.2. The van der Waals surface area contributed by atoms with Gasteiger partial charge in [0.25, 0.3) is 0 Å². The molecule has 1 aromatic carbocycles. The molecule has 8 heteroatoms. The third kappa shape index (κ3) is 4.51. The van der Waals surface area contributed by atoms with E-state index < -0.39 is 17.6 Å². The van der Waals surface area contributed by atoms with Crippen LogP contribution in [0.4, 0.5) is 4.39 Å². The van der Waals surface area contributed by atoms with E-state index in [1.807, 2.05) is 0 Å². The highest BCUT2D eigenvalue weighted by Gasteiger charge is 2.10. The van der Waals surface area contributed by atoms with Crippen molar-refractivity contribution in [3.63, 3.8) is 0 Å². The van der Waals surface area contributed by atoms with Crippen molar-refractivity contribution in [1.82, 2.24) is 10.9 Å². The fraction of sp³-hybridized carbons (Fsp3) is 0.0769. The number of rotatable bonds is 4. The van der Waals surface area contributed by atoms with Crippen molar-refractivity contribution in [3.05, 3.63) is 53.2 Å². The van der Waals surface area contributed by atoms with Gasteiger partial charge in [-0.3, -0.25) is 20.4 Å². The summed E-state index contributed by atoms with van der Waals surface area (Å²) in [5, 5.41) is -0.00784. The quantitative estimate of drug-likeness (QED) is 0.668. The van der Waals surface area contributed by atoms with Gasteiger partial charge in [-0.2, -0.15) is 0 Å². The summed E-state index contributed by atoms with van der Waals surface area (Å²) >= 11 is 6.80. The first-order valence-corrected chi connectivity index (χ1v) is 7.13. The van der Waals surface area contributed by atoms with E-state index in [4.69, 9.17) is 16.0 Å². The normalized spacial score (nSPS) is 10.2. The molecule has 2 N–H and O–H groups in total. The molecule has 0 aliphatic heterocycles. The molecule has 0 atom stereocenters. The molecule has 0 spiro atoms. The fourth-order valence-corrected chi connectivity index (χ4v) is 2.33. The van der Waals surface area contributed by atoms with Crippen LogP contribution in [0.3, 0.4) is 0 Å². The van der Waals surface area contributed by atoms with Crippen LogP contribution in [-0.4, -0.2) is 17.6 Å². The van der Waals surface area contributed by atoms with E-state index in [0.717, 1.165) is 11.8 Å². The zero-order valence-electron chi connectivity index (χ0n) is 10.6.